The molecule has 0 aromatic heterocycles. The number of hydrogen-bond donors (Lipinski definition) is 0. The van der Waals surface area contributed by atoms with Gasteiger partial charge in [0.25, 0.3) is 0 Å². The van der Waals surface area contributed by atoms with Gasteiger partial charge >= 0.3 is 0 Å². The first-order chi connectivity index (χ1) is 17.3. The summed E-state index contributed by atoms with van der Waals surface area (Å²) in [7, 11) is 0. The number of nitriles is 1. The second kappa shape index (κ2) is 8.76. The minimum absolute atomic E-state index is 0.0357. The Hall–Kier alpha value is -1.47. The van der Waals surface area contributed by atoms with Gasteiger partial charge in [-0.3, -0.25) is 9.59 Å². The van der Waals surface area contributed by atoms with E-state index in [1.807, 2.05) is 19.9 Å². The lowest BCUT2D eigenvalue weighted by molar-refractivity contribution is -0.142. The van der Waals surface area contributed by atoms with E-state index in [0.29, 0.717) is 16.7 Å². The van der Waals surface area contributed by atoms with E-state index in [4.69, 9.17) is 4.74 Å². The highest BCUT2D eigenvalue weighted by molar-refractivity contribution is 6.00. The van der Waals surface area contributed by atoms with E-state index in [-0.39, 0.29) is 28.3 Å². The molecule has 0 bridgehead atoms. The van der Waals surface area contributed by atoms with Crippen LogP contribution in [-0.2, 0) is 14.3 Å². The predicted octanol–water partition coefficient (Wildman–Crippen LogP) is 8.24. The number of fused-ring (bicyclic) bond motifs is 3. The zero-order chi connectivity index (χ0) is 28.7. The van der Waals surface area contributed by atoms with Crippen molar-refractivity contribution in [2.75, 3.05) is 0 Å². The Balaban J connectivity index is 1.73. The predicted molar refractivity (Wildman–Crippen MR) is 152 cm³/mol. The minimum atomic E-state index is -1.37. The van der Waals surface area contributed by atoms with Gasteiger partial charge in [0.1, 0.15) is 12.2 Å². The molecule has 38 heavy (non-hydrogen) atoms. The van der Waals surface area contributed by atoms with Crippen molar-refractivity contribution in [3.63, 3.8) is 0 Å². The van der Waals surface area contributed by atoms with E-state index < -0.39 is 22.5 Å². The van der Waals surface area contributed by atoms with Crippen LogP contribution in [0.2, 0.25) is 0 Å². The second-order valence-corrected chi connectivity index (χ2v) is 16.1. The van der Waals surface area contributed by atoms with Crippen molar-refractivity contribution in [1.82, 2.24) is 0 Å². The maximum Gasteiger partial charge on any atom is 0.240 e. The number of nitrogens with zero attached hydrogens (tertiary/aromatic N) is 1. The third kappa shape index (κ3) is 3.92. The van der Waals surface area contributed by atoms with Gasteiger partial charge in [-0.1, -0.05) is 81.2 Å². The quantitative estimate of drug-likeness (QED) is 0.260. The van der Waals surface area contributed by atoms with Crippen molar-refractivity contribution >= 4 is 11.6 Å². The highest BCUT2D eigenvalue weighted by Gasteiger charge is 2.81. The van der Waals surface area contributed by atoms with Crippen LogP contribution in [0.5, 0.6) is 0 Å². The zero-order valence-electron chi connectivity index (χ0n) is 26.1. The van der Waals surface area contributed by atoms with Crippen LogP contribution >= 0.6 is 0 Å². The molecule has 3 saturated carbocycles. The van der Waals surface area contributed by atoms with Crippen LogP contribution in [0.25, 0.3) is 0 Å². The Morgan fingerprint density at radius 3 is 2.29 bits per heavy atom. The van der Waals surface area contributed by atoms with Gasteiger partial charge in [-0.2, -0.15) is 5.26 Å². The summed E-state index contributed by atoms with van der Waals surface area (Å²) in [6.07, 6.45) is 10.6. The summed E-state index contributed by atoms with van der Waals surface area (Å²) in [6, 6.07) is 2.27. The maximum absolute atomic E-state index is 13.5. The molecular weight excluding hydrogens is 470 g/mol. The van der Waals surface area contributed by atoms with Crippen LogP contribution in [0.1, 0.15) is 128 Å². The number of epoxide rings is 1. The molecule has 7 atom stereocenters. The Bertz CT molecular complexity index is 1090. The van der Waals surface area contributed by atoms with E-state index in [0.717, 1.165) is 24.8 Å². The molecule has 0 N–H and O–H groups in total. The first kappa shape index (κ1) is 29.5. The van der Waals surface area contributed by atoms with Crippen LogP contribution in [0, 0.1) is 55.7 Å². The fraction of sp³-hybridized carbons (Fsp3) is 0.853. The van der Waals surface area contributed by atoms with Crippen molar-refractivity contribution in [3.8, 4) is 6.07 Å². The van der Waals surface area contributed by atoms with Gasteiger partial charge in [0.05, 0.1) is 0 Å². The molecule has 1 unspecified atom stereocenters. The molecule has 4 rings (SSSR count). The number of allylic oxidation sites excluding steroid dienone is 1. The molecule has 1 aliphatic heterocycles. The number of Topliss-reactive ketones (excluding diaryl/α,β-unsaturated/α-hetero) is 1. The third-order valence-corrected chi connectivity index (χ3v) is 12.9. The monoisotopic (exact) mass is 523 g/mol. The molecular formula is C34H53NO3. The van der Waals surface area contributed by atoms with Crippen LogP contribution in [0.15, 0.2) is 11.6 Å². The molecule has 4 fully saturated rings. The molecule has 0 radical (unpaired) electrons. The molecule has 4 heteroatoms. The smallest absolute Gasteiger partial charge is 0.240 e. The Morgan fingerprint density at radius 2 is 1.76 bits per heavy atom. The summed E-state index contributed by atoms with van der Waals surface area (Å²) >= 11 is 0. The molecule has 1 saturated heterocycles. The molecule has 4 nitrogen and oxygen atoms in total. The van der Waals surface area contributed by atoms with E-state index in [9.17, 15) is 14.9 Å². The van der Waals surface area contributed by atoms with Crippen LogP contribution in [-0.4, -0.2) is 23.3 Å². The number of hydrogen-bond acceptors (Lipinski definition) is 4. The SMILES string of the molecule is CC[C@]1(CCC(C)(C)[C@]2(C)CC[C@H]3C(C)(C)C(=O)[C@]4(C#N)O[C@@H]4[C@]3(C)/C2=C/C(C)=O)CCC(C)(C)CC1C. The Morgan fingerprint density at radius 1 is 1.13 bits per heavy atom. The standard InChI is InChI=1S/C34H53NO3/c1-12-33(17-15-28(4,5)20-22(33)2)18-16-29(6,7)31(10)14-13-24-30(8,9)26(37)34(21-35)27(38-34)32(24,11)25(31)19-23(3)36/h19,22,24,27H,12-18,20H2,1-11H3/b25-19+/t22?,24-,27+,31+,32-,33+,34-/m0/s1. The molecule has 0 aromatic carbocycles. The highest BCUT2D eigenvalue weighted by Crippen LogP contribution is 2.73. The van der Waals surface area contributed by atoms with Crippen LogP contribution in [0.4, 0.5) is 0 Å². The number of ether oxygens (including phenoxy) is 1. The van der Waals surface area contributed by atoms with E-state index in [2.05, 4.69) is 61.5 Å². The fourth-order valence-electron chi connectivity index (χ4n) is 9.84. The van der Waals surface area contributed by atoms with Gasteiger partial charge < -0.3 is 4.74 Å². The van der Waals surface area contributed by atoms with Crippen molar-refractivity contribution in [3.05, 3.63) is 11.6 Å². The number of carbonyl (C=O) groups is 2. The average Bonchev–Trinajstić information content (AvgIpc) is 3.57. The maximum atomic E-state index is 13.5. The second-order valence-electron chi connectivity index (χ2n) is 16.1. The van der Waals surface area contributed by atoms with Gasteiger partial charge in [0.2, 0.25) is 5.60 Å². The normalized spacial score (nSPS) is 44.6. The third-order valence-electron chi connectivity index (χ3n) is 12.9. The molecule has 4 aliphatic rings. The number of carbonyl (C=O) groups excluding carboxylic acids is 2. The first-order valence-electron chi connectivity index (χ1n) is 15.2. The summed E-state index contributed by atoms with van der Waals surface area (Å²) in [4.78, 5) is 26.3. The number of ketones is 2. The molecule has 3 aliphatic carbocycles. The Kier molecular flexibility index (Phi) is 6.81. The van der Waals surface area contributed by atoms with Crippen LogP contribution in [0.3, 0.4) is 0 Å². The fourth-order valence-corrected chi connectivity index (χ4v) is 9.84. The summed E-state index contributed by atoms with van der Waals surface area (Å²) in [5.41, 5.74) is -0.986. The zero-order valence-corrected chi connectivity index (χ0v) is 26.1. The molecule has 212 valence electrons. The van der Waals surface area contributed by atoms with Crippen molar-refractivity contribution in [2.45, 2.75) is 139 Å². The van der Waals surface area contributed by atoms with E-state index >= 15 is 0 Å². The van der Waals surface area contributed by atoms with Gasteiger partial charge in [-0.15, -0.1) is 0 Å². The van der Waals surface area contributed by atoms with E-state index in [1.165, 1.54) is 32.1 Å². The van der Waals surface area contributed by atoms with Gasteiger partial charge in [-0.05, 0) is 91.4 Å². The van der Waals surface area contributed by atoms with Crippen molar-refractivity contribution in [1.29, 1.82) is 5.26 Å². The van der Waals surface area contributed by atoms with Gasteiger partial charge in [0, 0.05) is 10.8 Å². The minimum Gasteiger partial charge on any atom is -0.342 e. The molecule has 0 spiro atoms. The summed E-state index contributed by atoms with van der Waals surface area (Å²) in [5, 5.41) is 10.1. The number of rotatable bonds is 6. The molecule has 0 aromatic rings. The topological polar surface area (TPSA) is 70.5 Å². The molecule has 1 heterocycles. The van der Waals surface area contributed by atoms with Crippen molar-refractivity contribution < 1.29 is 14.3 Å². The Labute approximate surface area is 232 Å². The molecule has 0 amide bonds. The largest absolute Gasteiger partial charge is 0.342 e. The van der Waals surface area contributed by atoms with E-state index in [1.54, 1.807) is 6.92 Å². The lowest BCUT2D eigenvalue weighted by Crippen LogP contribution is -2.62. The first-order valence-corrected chi connectivity index (χ1v) is 15.2. The van der Waals surface area contributed by atoms with Gasteiger partial charge in [-0.25, -0.2) is 0 Å². The lowest BCUT2D eigenvalue weighted by atomic mass is 9.40. The lowest BCUT2D eigenvalue weighted by Gasteiger charge is -2.62. The summed E-state index contributed by atoms with van der Waals surface area (Å²) < 4.78 is 6.11. The highest BCUT2D eigenvalue weighted by atomic mass is 16.6. The summed E-state index contributed by atoms with van der Waals surface area (Å²) in [5.74, 6) is 0.689. The average molecular weight is 524 g/mol. The van der Waals surface area contributed by atoms with Crippen molar-refractivity contribution in [2.24, 2.45) is 44.3 Å². The summed E-state index contributed by atoms with van der Waals surface area (Å²) in [6.45, 7) is 24.7. The van der Waals surface area contributed by atoms with Gasteiger partial charge in [0.15, 0.2) is 11.6 Å². The van der Waals surface area contributed by atoms with Crippen LogP contribution < -0.4 is 0 Å².